The van der Waals surface area contributed by atoms with E-state index in [0.29, 0.717) is 37.2 Å². The van der Waals surface area contributed by atoms with Gasteiger partial charge in [0.1, 0.15) is 11.4 Å². The zero-order valence-corrected chi connectivity index (χ0v) is 29.6. The van der Waals surface area contributed by atoms with E-state index in [0.717, 1.165) is 33.3 Å². The highest BCUT2D eigenvalue weighted by Gasteiger charge is 2.58. The van der Waals surface area contributed by atoms with Crippen LogP contribution in [-0.2, 0) is 16.0 Å². The van der Waals surface area contributed by atoms with Crippen molar-refractivity contribution >= 4 is 28.7 Å². The molecule has 5 rings (SSSR count). The van der Waals surface area contributed by atoms with Gasteiger partial charge in [0.2, 0.25) is 5.92 Å². The lowest BCUT2D eigenvalue weighted by Crippen LogP contribution is -2.53. The van der Waals surface area contributed by atoms with Crippen molar-refractivity contribution in [1.82, 2.24) is 9.47 Å². The zero-order chi connectivity index (χ0) is 34.9. The number of likely N-dealkylation sites (tertiary alicyclic amines) is 1. The van der Waals surface area contributed by atoms with Crippen LogP contribution < -0.4 is 10.1 Å². The van der Waals surface area contributed by atoms with E-state index in [9.17, 15) is 18.4 Å². The predicted octanol–water partition coefficient (Wildman–Crippen LogP) is 9.13. The number of esters is 1. The summed E-state index contributed by atoms with van der Waals surface area (Å²) in [7, 11) is 2.98. The minimum atomic E-state index is -2.64. The third-order valence-electron chi connectivity index (χ3n) is 8.94. The fourth-order valence-electron chi connectivity index (χ4n) is 7.14. The largest absolute Gasteiger partial charge is 0.496 e. The molecule has 1 saturated heterocycles. The van der Waals surface area contributed by atoms with E-state index < -0.39 is 29.0 Å². The van der Waals surface area contributed by atoms with Gasteiger partial charge in [-0.1, -0.05) is 19.9 Å². The molecule has 258 valence electrons. The fourth-order valence-corrected chi connectivity index (χ4v) is 7.14. The SMILES string of the molecule is CC.COC(=O)c1ccc(C2CC3(CCN2Cc2c(OC)cc(C)c4c2ccn4C(=O)OC(C)(C)C)CC(F)(F)C3)c(NC(C)C)c1. The van der Waals surface area contributed by atoms with E-state index in [4.69, 9.17) is 14.2 Å². The van der Waals surface area contributed by atoms with Crippen molar-refractivity contribution in [2.24, 2.45) is 5.41 Å². The Bertz CT molecular complexity index is 1600. The minimum Gasteiger partial charge on any atom is -0.496 e. The van der Waals surface area contributed by atoms with Gasteiger partial charge in [0.25, 0.3) is 0 Å². The summed E-state index contributed by atoms with van der Waals surface area (Å²) in [5, 5.41) is 4.36. The molecule has 0 amide bonds. The molecule has 1 aromatic heterocycles. The number of nitrogens with one attached hydrogen (secondary N) is 1. The molecule has 10 heteroatoms. The van der Waals surface area contributed by atoms with Gasteiger partial charge < -0.3 is 19.5 Å². The average molecular weight is 656 g/mol. The molecule has 2 aromatic carbocycles. The summed E-state index contributed by atoms with van der Waals surface area (Å²) in [6, 6.07) is 9.16. The number of piperidine rings is 1. The van der Waals surface area contributed by atoms with Crippen LogP contribution in [0.2, 0.25) is 0 Å². The number of nitrogens with zero attached hydrogens (tertiary/aromatic N) is 2. The number of alkyl halides is 2. The molecule has 1 aliphatic heterocycles. The maximum atomic E-state index is 14.3. The molecule has 2 fully saturated rings. The number of carbonyl (C=O) groups is 2. The highest BCUT2D eigenvalue weighted by atomic mass is 19.3. The smallest absolute Gasteiger partial charge is 0.419 e. The van der Waals surface area contributed by atoms with Crippen LogP contribution in [0.3, 0.4) is 0 Å². The zero-order valence-electron chi connectivity index (χ0n) is 29.6. The van der Waals surface area contributed by atoms with Crippen LogP contribution in [0, 0.1) is 12.3 Å². The number of anilines is 1. The molecular formula is C37H51F2N3O5. The molecule has 0 bridgehead atoms. The standard InChI is InChI=1S/C35H45F2N3O5.C2H6/c1-21(2)38-27-16-23(31(41)44-8)9-10-25(27)28-17-34(19-35(36,37)20-34)12-14-39(28)18-26-24-11-13-40(32(42)45-33(4,5)6)30(24)22(3)15-29(26)43-7;1-2/h9-11,13,15-16,21,28,38H,12,14,17-20H2,1-8H3;1-2H3. The molecule has 8 nitrogen and oxygen atoms in total. The molecule has 2 heterocycles. The number of rotatable bonds is 7. The number of halogens is 2. The highest BCUT2D eigenvalue weighted by Crippen LogP contribution is 2.61. The van der Waals surface area contributed by atoms with Crippen molar-refractivity contribution in [2.45, 2.75) is 111 Å². The number of benzene rings is 2. The molecule has 1 unspecified atom stereocenters. The average Bonchev–Trinajstić information content (AvgIpc) is 3.44. The van der Waals surface area contributed by atoms with Crippen LogP contribution in [-0.4, -0.2) is 59.9 Å². The fraction of sp³-hybridized carbons (Fsp3) is 0.568. The first-order valence-corrected chi connectivity index (χ1v) is 16.6. The van der Waals surface area contributed by atoms with Crippen molar-refractivity contribution in [1.29, 1.82) is 0 Å². The summed E-state index contributed by atoms with van der Waals surface area (Å²) in [5.41, 5.74) is 3.56. The Labute approximate surface area is 277 Å². The van der Waals surface area contributed by atoms with E-state index in [1.54, 1.807) is 25.4 Å². The van der Waals surface area contributed by atoms with Crippen LogP contribution in [0.15, 0.2) is 36.5 Å². The first-order valence-electron chi connectivity index (χ1n) is 16.6. The van der Waals surface area contributed by atoms with Gasteiger partial charge in [-0.05, 0) is 102 Å². The summed E-state index contributed by atoms with van der Waals surface area (Å²) in [4.78, 5) is 27.9. The van der Waals surface area contributed by atoms with Crippen molar-refractivity contribution in [3.63, 3.8) is 0 Å². The number of hydrogen-bond donors (Lipinski definition) is 1. The molecule has 1 N–H and O–H groups in total. The summed E-state index contributed by atoms with van der Waals surface area (Å²) in [6.45, 7) is 16.5. The lowest BCUT2D eigenvalue weighted by Gasteiger charge is -2.55. The van der Waals surface area contributed by atoms with E-state index in [2.05, 4.69) is 10.2 Å². The maximum Gasteiger partial charge on any atom is 0.419 e. The van der Waals surface area contributed by atoms with Crippen LogP contribution in [0.1, 0.15) is 107 Å². The first kappa shape index (κ1) is 36.2. The lowest BCUT2D eigenvalue weighted by atomic mass is 9.58. The van der Waals surface area contributed by atoms with Gasteiger partial charge in [-0.15, -0.1) is 0 Å². The third-order valence-corrected chi connectivity index (χ3v) is 8.94. The molecule has 3 aromatic rings. The van der Waals surface area contributed by atoms with Gasteiger partial charge in [0, 0.05) is 54.3 Å². The number of aryl methyl sites for hydroxylation is 1. The number of aromatic nitrogens is 1. The van der Waals surface area contributed by atoms with Gasteiger partial charge in [-0.3, -0.25) is 9.47 Å². The van der Waals surface area contributed by atoms with E-state index in [-0.39, 0.29) is 24.9 Å². The van der Waals surface area contributed by atoms with E-state index >= 15 is 0 Å². The maximum absolute atomic E-state index is 14.3. The number of carbonyl (C=O) groups excluding carboxylic acids is 2. The van der Waals surface area contributed by atoms with Crippen molar-refractivity contribution in [3.05, 3.63) is 58.8 Å². The van der Waals surface area contributed by atoms with Gasteiger partial charge in [0.05, 0.1) is 25.3 Å². The molecule has 1 spiro atoms. The third kappa shape index (κ3) is 7.74. The van der Waals surface area contributed by atoms with Crippen LogP contribution >= 0.6 is 0 Å². The second-order valence-corrected chi connectivity index (χ2v) is 14.0. The van der Waals surface area contributed by atoms with Gasteiger partial charge in [-0.25, -0.2) is 18.4 Å². The number of hydrogen-bond acceptors (Lipinski definition) is 7. The van der Waals surface area contributed by atoms with Crippen LogP contribution in [0.4, 0.5) is 19.3 Å². The Hall–Kier alpha value is -3.66. The Morgan fingerprint density at radius 3 is 2.34 bits per heavy atom. The number of fused-ring (bicyclic) bond motifs is 1. The predicted molar refractivity (Wildman–Crippen MR) is 182 cm³/mol. The molecule has 47 heavy (non-hydrogen) atoms. The topological polar surface area (TPSA) is 82.0 Å². The van der Waals surface area contributed by atoms with Gasteiger partial charge in [0.15, 0.2) is 0 Å². The molecular weight excluding hydrogens is 604 g/mol. The minimum absolute atomic E-state index is 0.0696. The monoisotopic (exact) mass is 655 g/mol. The Morgan fingerprint density at radius 2 is 1.77 bits per heavy atom. The normalized spacial score (nSPS) is 18.7. The summed E-state index contributed by atoms with van der Waals surface area (Å²) in [6.07, 6.45) is 2.24. The van der Waals surface area contributed by atoms with Crippen molar-refractivity contribution in [2.75, 3.05) is 26.1 Å². The number of ether oxygens (including phenoxy) is 3. The summed E-state index contributed by atoms with van der Waals surface area (Å²) in [5.74, 6) is -2.39. The van der Waals surface area contributed by atoms with E-state index in [1.165, 1.54) is 11.7 Å². The van der Waals surface area contributed by atoms with Crippen molar-refractivity contribution in [3.8, 4) is 5.75 Å². The Kier molecular flexibility index (Phi) is 10.6. The molecule has 2 aliphatic rings. The van der Waals surface area contributed by atoms with Gasteiger partial charge in [-0.2, -0.15) is 0 Å². The Morgan fingerprint density at radius 1 is 1.09 bits per heavy atom. The van der Waals surface area contributed by atoms with Gasteiger partial charge >= 0.3 is 12.1 Å². The summed E-state index contributed by atoms with van der Waals surface area (Å²) >= 11 is 0. The first-order chi connectivity index (χ1) is 22.0. The molecule has 1 saturated carbocycles. The second-order valence-electron chi connectivity index (χ2n) is 14.0. The van der Waals surface area contributed by atoms with Crippen LogP contribution in [0.25, 0.3) is 10.9 Å². The number of methoxy groups -OCH3 is 2. The molecule has 0 radical (unpaired) electrons. The lowest BCUT2D eigenvalue weighted by molar-refractivity contribution is -0.186. The van der Waals surface area contributed by atoms with Crippen LogP contribution in [0.5, 0.6) is 5.75 Å². The molecule has 1 aliphatic carbocycles. The Balaban J connectivity index is 0.00000245. The second kappa shape index (κ2) is 13.8. The summed E-state index contributed by atoms with van der Waals surface area (Å²) < 4.78 is 46.7. The quantitative estimate of drug-likeness (QED) is 0.254. The highest BCUT2D eigenvalue weighted by molar-refractivity contribution is 5.95. The van der Waals surface area contributed by atoms with E-state index in [1.807, 2.05) is 73.6 Å². The molecule has 1 atom stereocenters. The van der Waals surface area contributed by atoms with Crippen molar-refractivity contribution < 1.29 is 32.6 Å².